The number of nitrogens with two attached hydrogens (primary N) is 1. The molecule has 3 nitrogen and oxygen atoms in total. The molecule has 4 heteroatoms. The molecule has 0 radical (unpaired) electrons. The highest BCUT2D eigenvalue weighted by molar-refractivity contribution is 7.09. The number of rotatable bonds is 4. The van der Waals surface area contributed by atoms with Crippen LogP contribution >= 0.6 is 11.3 Å². The Kier molecular flexibility index (Phi) is 3.92. The zero-order valence-corrected chi connectivity index (χ0v) is 8.34. The van der Waals surface area contributed by atoms with E-state index in [1.807, 2.05) is 17.5 Å². The molecule has 1 unspecified atom stereocenters. The van der Waals surface area contributed by atoms with Gasteiger partial charge in [0.1, 0.15) is 6.61 Å². The average molecular weight is 199 g/mol. The first-order valence-electron chi connectivity index (χ1n) is 4.13. The summed E-state index contributed by atoms with van der Waals surface area (Å²) in [5.74, 6) is -0.434. The summed E-state index contributed by atoms with van der Waals surface area (Å²) in [6, 6.07) is 3.87. The first-order valence-corrected chi connectivity index (χ1v) is 5.01. The third kappa shape index (κ3) is 3.16. The van der Waals surface area contributed by atoms with Gasteiger partial charge in [0.2, 0.25) is 0 Å². The molecule has 0 aliphatic heterocycles. The van der Waals surface area contributed by atoms with E-state index in [-0.39, 0.29) is 11.9 Å². The van der Waals surface area contributed by atoms with Crippen LogP contribution in [0.25, 0.3) is 0 Å². The number of hydrogen-bond acceptors (Lipinski definition) is 4. The van der Waals surface area contributed by atoms with Gasteiger partial charge >= 0.3 is 5.97 Å². The van der Waals surface area contributed by atoms with E-state index in [4.69, 9.17) is 10.5 Å². The summed E-state index contributed by atoms with van der Waals surface area (Å²) in [7, 11) is 0. The van der Waals surface area contributed by atoms with Crippen molar-refractivity contribution in [3.05, 3.63) is 22.4 Å². The predicted octanol–water partition coefficient (Wildman–Crippen LogP) is 1.39. The standard InChI is InChI=1S/C9H13NO2S/c1-7(5-10)9(11)12-6-8-3-2-4-13-8/h2-4,7H,5-6,10H2,1H3. The zero-order chi connectivity index (χ0) is 9.68. The number of ether oxygens (including phenoxy) is 1. The van der Waals surface area contributed by atoms with E-state index in [2.05, 4.69) is 0 Å². The monoisotopic (exact) mass is 199 g/mol. The van der Waals surface area contributed by atoms with E-state index >= 15 is 0 Å². The van der Waals surface area contributed by atoms with Crippen LogP contribution in [0, 0.1) is 5.92 Å². The second-order valence-corrected chi connectivity index (χ2v) is 3.86. The predicted molar refractivity (Wildman–Crippen MR) is 52.3 cm³/mol. The number of carbonyl (C=O) groups excluding carboxylic acids is 1. The minimum Gasteiger partial charge on any atom is -0.460 e. The number of thiophene rings is 1. The van der Waals surface area contributed by atoms with Gasteiger partial charge in [0, 0.05) is 11.4 Å². The Morgan fingerprint density at radius 1 is 1.77 bits per heavy atom. The van der Waals surface area contributed by atoms with E-state index in [0.29, 0.717) is 13.2 Å². The Hall–Kier alpha value is -0.870. The first kappa shape index (κ1) is 10.2. The van der Waals surface area contributed by atoms with Crippen LogP contribution in [0.5, 0.6) is 0 Å². The molecule has 2 N–H and O–H groups in total. The maximum absolute atomic E-state index is 11.2. The quantitative estimate of drug-likeness (QED) is 0.745. The topological polar surface area (TPSA) is 52.3 Å². The fourth-order valence-electron chi connectivity index (χ4n) is 0.775. The molecule has 0 fully saturated rings. The van der Waals surface area contributed by atoms with Crippen molar-refractivity contribution < 1.29 is 9.53 Å². The summed E-state index contributed by atoms with van der Waals surface area (Å²) >= 11 is 1.58. The van der Waals surface area contributed by atoms with Crippen molar-refractivity contribution in [2.24, 2.45) is 11.7 Å². The molecule has 0 aliphatic rings. The van der Waals surface area contributed by atoms with Crippen molar-refractivity contribution in [1.82, 2.24) is 0 Å². The first-order chi connectivity index (χ1) is 6.24. The summed E-state index contributed by atoms with van der Waals surface area (Å²) in [6.45, 7) is 2.46. The van der Waals surface area contributed by atoms with Crippen LogP contribution in [0.15, 0.2) is 17.5 Å². The van der Waals surface area contributed by atoms with E-state index in [0.717, 1.165) is 4.88 Å². The summed E-state index contributed by atoms with van der Waals surface area (Å²) in [6.07, 6.45) is 0. The van der Waals surface area contributed by atoms with E-state index < -0.39 is 0 Å². The van der Waals surface area contributed by atoms with Crippen LogP contribution in [0.2, 0.25) is 0 Å². The number of carbonyl (C=O) groups is 1. The number of esters is 1. The van der Waals surface area contributed by atoms with Gasteiger partial charge in [-0.25, -0.2) is 0 Å². The molecule has 0 aromatic carbocycles. The molecule has 72 valence electrons. The molecule has 1 atom stereocenters. The summed E-state index contributed by atoms with van der Waals surface area (Å²) in [4.78, 5) is 12.2. The van der Waals surface area contributed by atoms with Crippen molar-refractivity contribution in [3.63, 3.8) is 0 Å². The lowest BCUT2D eigenvalue weighted by Gasteiger charge is -2.07. The molecule has 0 amide bonds. The molecule has 1 heterocycles. The van der Waals surface area contributed by atoms with Crippen LogP contribution in [0.3, 0.4) is 0 Å². The summed E-state index contributed by atoms with van der Waals surface area (Å²) in [5.41, 5.74) is 5.32. The fraction of sp³-hybridized carbons (Fsp3) is 0.444. The molecule has 13 heavy (non-hydrogen) atoms. The van der Waals surface area contributed by atoms with Crippen LogP contribution in [-0.4, -0.2) is 12.5 Å². The Balaban J connectivity index is 2.31. The number of hydrogen-bond donors (Lipinski definition) is 1. The fourth-order valence-corrected chi connectivity index (χ4v) is 1.39. The molecular formula is C9H13NO2S. The lowest BCUT2D eigenvalue weighted by atomic mass is 10.2. The highest BCUT2D eigenvalue weighted by atomic mass is 32.1. The van der Waals surface area contributed by atoms with Crippen LogP contribution in [-0.2, 0) is 16.1 Å². The largest absolute Gasteiger partial charge is 0.460 e. The Labute approximate surface area is 81.5 Å². The van der Waals surface area contributed by atoms with Gasteiger partial charge in [-0.3, -0.25) is 4.79 Å². The van der Waals surface area contributed by atoms with Crippen molar-refractivity contribution in [2.45, 2.75) is 13.5 Å². The van der Waals surface area contributed by atoms with Gasteiger partial charge in [-0.2, -0.15) is 0 Å². The molecule has 0 saturated carbocycles. The van der Waals surface area contributed by atoms with Gasteiger partial charge in [-0.1, -0.05) is 13.0 Å². The van der Waals surface area contributed by atoms with E-state index in [1.54, 1.807) is 18.3 Å². The smallest absolute Gasteiger partial charge is 0.310 e. The average Bonchev–Trinajstić information content (AvgIpc) is 2.65. The minimum atomic E-state index is -0.226. The highest BCUT2D eigenvalue weighted by Gasteiger charge is 2.11. The van der Waals surface area contributed by atoms with Gasteiger partial charge < -0.3 is 10.5 Å². The molecule has 1 aromatic heterocycles. The molecule has 1 rings (SSSR count). The lowest BCUT2D eigenvalue weighted by molar-refractivity contribution is -0.148. The van der Waals surface area contributed by atoms with Crippen LogP contribution in [0.1, 0.15) is 11.8 Å². The Bertz CT molecular complexity index is 259. The second kappa shape index (κ2) is 4.99. The lowest BCUT2D eigenvalue weighted by Crippen LogP contribution is -2.22. The molecule has 0 bridgehead atoms. The van der Waals surface area contributed by atoms with Crippen molar-refractivity contribution in [3.8, 4) is 0 Å². The Morgan fingerprint density at radius 2 is 2.54 bits per heavy atom. The maximum atomic E-state index is 11.2. The van der Waals surface area contributed by atoms with E-state index in [1.165, 1.54) is 0 Å². The third-order valence-electron chi connectivity index (χ3n) is 1.69. The maximum Gasteiger partial charge on any atom is 0.310 e. The van der Waals surface area contributed by atoms with Crippen LogP contribution in [0.4, 0.5) is 0 Å². The third-order valence-corrected chi connectivity index (χ3v) is 2.54. The molecular weight excluding hydrogens is 186 g/mol. The van der Waals surface area contributed by atoms with Gasteiger partial charge in [0.15, 0.2) is 0 Å². The zero-order valence-electron chi connectivity index (χ0n) is 7.53. The normalized spacial score (nSPS) is 12.5. The second-order valence-electron chi connectivity index (χ2n) is 2.82. The van der Waals surface area contributed by atoms with Crippen molar-refractivity contribution in [1.29, 1.82) is 0 Å². The highest BCUT2D eigenvalue weighted by Crippen LogP contribution is 2.10. The van der Waals surface area contributed by atoms with Gasteiger partial charge in [0.05, 0.1) is 5.92 Å². The molecule has 0 spiro atoms. The van der Waals surface area contributed by atoms with Crippen molar-refractivity contribution >= 4 is 17.3 Å². The van der Waals surface area contributed by atoms with Crippen molar-refractivity contribution in [2.75, 3.05) is 6.54 Å². The van der Waals surface area contributed by atoms with Crippen LogP contribution < -0.4 is 5.73 Å². The molecule has 0 saturated heterocycles. The summed E-state index contributed by atoms with van der Waals surface area (Å²) < 4.78 is 5.03. The van der Waals surface area contributed by atoms with Gasteiger partial charge in [-0.15, -0.1) is 11.3 Å². The van der Waals surface area contributed by atoms with Gasteiger partial charge in [-0.05, 0) is 11.4 Å². The summed E-state index contributed by atoms with van der Waals surface area (Å²) in [5, 5.41) is 1.95. The minimum absolute atomic E-state index is 0.208. The Morgan fingerprint density at radius 3 is 3.08 bits per heavy atom. The molecule has 1 aromatic rings. The van der Waals surface area contributed by atoms with Gasteiger partial charge in [0.25, 0.3) is 0 Å². The van der Waals surface area contributed by atoms with E-state index in [9.17, 15) is 4.79 Å². The molecule has 0 aliphatic carbocycles. The SMILES string of the molecule is CC(CN)C(=O)OCc1cccs1.